The lowest BCUT2D eigenvalue weighted by atomic mass is 10.1. The first-order chi connectivity index (χ1) is 15.0. The van der Waals surface area contributed by atoms with Crippen LogP contribution in [0, 0.1) is 6.92 Å². The van der Waals surface area contributed by atoms with Gasteiger partial charge in [-0.05, 0) is 31.9 Å². The third-order valence-electron chi connectivity index (χ3n) is 5.65. The summed E-state index contributed by atoms with van der Waals surface area (Å²) in [6, 6.07) is 7.07. The molecule has 11 heteroatoms. The van der Waals surface area contributed by atoms with Crippen molar-refractivity contribution in [2.75, 3.05) is 13.1 Å². The van der Waals surface area contributed by atoms with E-state index in [1.54, 1.807) is 34.7 Å². The van der Waals surface area contributed by atoms with Gasteiger partial charge in [0.2, 0.25) is 5.91 Å². The fourth-order valence-electron chi connectivity index (χ4n) is 4.02. The Morgan fingerprint density at radius 2 is 1.97 bits per heavy atom. The molecule has 11 nitrogen and oxygen atoms in total. The molecule has 158 valence electrons. The molecule has 1 aliphatic rings. The highest BCUT2D eigenvalue weighted by Crippen LogP contribution is 2.24. The lowest BCUT2D eigenvalue weighted by Gasteiger charge is -2.32. The SMILES string of the molecule is Cc1nc2c(nnn2C2CCN(C(=O)Cn3cnc4ccccc4c3=O)CC2)c(=O)[nH]1. The van der Waals surface area contributed by atoms with Gasteiger partial charge in [0.1, 0.15) is 12.4 Å². The van der Waals surface area contributed by atoms with E-state index in [1.807, 2.05) is 6.07 Å². The van der Waals surface area contributed by atoms with E-state index in [0.717, 1.165) is 0 Å². The van der Waals surface area contributed by atoms with Crippen molar-refractivity contribution in [1.29, 1.82) is 0 Å². The van der Waals surface area contributed by atoms with Crippen LogP contribution in [0.15, 0.2) is 40.2 Å². The van der Waals surface area contributed by atoms with E-state index < -0.39 is 0 Å². The summed E-state index contributed by atoms with van der Waals surface area (Å²) in [6.07, 6.45) is 2.73. The molecule has 1 aromatic carbocycles. The minimum atomic E-state index is -0.309. The molecule has 1 amide bonds. The molecule has 0 bridgehead atoms. The molecule has 0 radical (unpaired) electrons. The van der Waals surface area contributed by atoms with Crippen LogP contribution in [-0.4, -0.2) is 58.4 Å². The number of para-hydroxylation sites is 1. The maximum absolute atomic E-state index is 12.8. The average Bonchev–Trinajstić information content (AvgIpc) is 3.20. The second-order valence-electron chi connectivity index (χ2n) is 7.66. The number of H-pyrrole nitrogens is 1. The molecule has 5 rings (SSSR count). The van der Waals surface area contributed by atoms with E-state index >= 15 is 0 Å². The third-order valence-corrected chi connectivity index (χ3v) is 5.65. The van der Waals surface area contributed by atoms with Crippen molar-refractivity contribution in [2.24, 2.45) is 0 Å². The topological polar surface area (TPSA) is 132 Å². The van der Waals surface area contributed by atoms with Gasteiger partial charge < -0.3 is 9.88 Å². The first-order valence-corrected chi connectivity index (χ1v) is 10.0. The largest absolute Gasteiger partial charge is 0.341 e. The normalized spacial score (nSPS) is 15.1. The van der Waals surface area contributed by atoms with Crippen molar-refractivity contribution >= 4 is 28.0 Å². The zero-order valence-electron chi connectivity index (χ0n) is 16.9. The van der Waals surface area contributed by atoms with Crippen LogP contribution in [0.2, 0.25) is 0 Å². The van der Waals surface area contributed by atoms with Crippen LogP contribution in [-0.2, 0) is 11.3 Å². The van der Waals surface area contributed by atoms with Crippen LogP contribution in [0.5, 0.6) is 0 Å². The summed E-state index contributed by atoms with van der Waals surface area (Å²) in [5, 5.41) is 8.58. The number of rotatable bonds is 3. The van der Waals surface area contributed by atoms with Gasteiger partial charge in [-0.1, -0.05) is 17.3 Å². The molecule has 4 heterocycles. The second kappa shape index (κ2) is 7.42. The van der Waals surface area contributed by atoms with Gasteiger partial charge in [0.05, 0.1) is 23.3 Å². The zero-order chi connectivity index (χ0) is 21.5. The molecule has 1 aliphatic heterocycles. The monoisotopic (exact) mass is 420 g/mol. The van der Waals surface area contributed by atoms with Crippen LogP contribution in [0.4, 0.5) is 0 Å². The molecule has 4 aromatic rings. The Balaban J connectivity index is 1.30. The van der Waals surface area contributed by atoms with Gasteiger partial charge in [0, 0.05) is 13.1 Å². The number of fused-ring (bicyclic) bond motifs is 2. The van der Waals surface area contributed by atoms with Crippen molar-refractivity contribution in [3.05, 3.63) is 57.1 Å². The number of carbonyl (C=O) groups is 1. The minimum Gasteiger partial charge on any atom is -0.341 e. The number of benzene rings is 1. The quantitative estimate of drug-likeness (QED) is 0.507. The number of likely N-dealkylation sites (tertiary alicyclic amines) is 1. The molecule has 0 unspecified atom stereocenters. The number of piperidine rings is 1. The van der Waals surface area contributed by atoms with E-state index in [-0.39, 0.29) is 35.1 Å². The number of nitrogens with one attached hydrogen (secondary N) is 1. The molecule has 0 atom stereocenters. The standard InChI is InChI=1S/C20H20N8O3/c1-12-22-18-17(19(30)23-12)24-25-28(18)13-6-8-26(9-7-13)16(29)10-27-11-21-15-5-3-2-4-14(15)20(27)31/h2-5,11,13H,6-10H2,1H3,(H,22,23,30). The molecule has 0 saturated carbocycles. The van der Waals surface area contributed by atoms with Crippen LogP contribution < -0.4 is 11.1 Å². The van der Waals surface area contributed by atoms with Crippen LogP contribution in [0.1, 0.15) is 24.7 Å². The van der Waals surface area contributed by atoms with Gasteiger partial charge in [-0.3, -0.25) is 19.0 Å². The van der Waals surface area contributed by atoms with Gasteiger partial charge >= 0.3 is 0 Å². The van der Waals surface area contributed by atoms with E-state index in [1.165, 1.54) is 10.9 Å². The highest BCUT2D eigenvalue weighted by atomic mass is 16.2. The Kier molecular flexibility index (Phi) is 4.57. The number of amides is 1. The Bertz CT molecular complexity index is 1410. The van der Waals surface area contributed by atoms with Gasteiger partial charge in [-0.15, -0.1) is 5.10 Å². The number of carbonyl (C=O) groups excluding carboxylic acids is 1. The highest BCUT2D eigenvalue weighted by molar-refractivity contribution is 5.79. The van der Waals surface area contributed by atoms with Crippen molar-refractivity contribution in [1.82, 2.24) is 39.4 Å². The van der Waals surface area contributed by atoms with Crippen molar-refractivity contribution in [3.63, 3.8) is 0 Å². The fourth-order valence-corrected chi connectivity index (χ4v) is 4.02. The summed E-state index contributed by atoms with van der Waals surface area (Å²) in [7, 11) is 0. The fraction of sp³-hybridized carbons (Fsp3) is 0.350. The Labute approximate surface area is 175 Å². The van der Waals surface area contributed by atoms with Gasteiger partial charge in [0.15, 0.2) is 11.2 Å². The first-order valence-electron chi connectivity index (χ1n) is 10.0. The molecule has 31 heavy (non-hydrogen) atoms. The Hall–Kier alpha value is -3.89. The minimum absolute atomic E-state index is 0.00666. The average molecular weight is 420 g/mol. The smallest absolute Gasteiger partial charge is 0.281 e. The summed E-state index contributed by atoms with van der Waals surface area (Å²) in [5.41, 5.74) is 0.747. The summed E-state index contributed by atoms with van der Waals surface area (Å²) < 4.78 is 3.03. The number of aromatic amines is 1. The summed E-state index contributed by atoms with van der Waals surface area (Å²) in [6.45, 7) is 2.69. The lowest BCUT2D eigenvalue weighted by molar-refractivity contribution is -0.133. The Morgan fingerprint density at radius 1 is 1.19 bits per heavy atom. The molecule has 3 aromatic heterocycles. The number of aromatic nitrogens is 7. The number of hydrogen-bond acceptors (Lipinski definition) is 7. The maximum Gasteiger partial charge on any atom is 0.281 e. The molecule has 1 N–H and O–H groups in total. The van der Waals surface area contributed by atoms with Crippen LogP contribution >= 0.6 is 0 Å². The van der Waals surface area contributed by atoms with Crippen molar-refractivity contribution in [3.8, 4) is 0 Å². The van der Waals surface area contributed by atoms with Crippen molar-refractivity contribution in [2.45, 2.75) is 32.4 Å². The third kappa shape index (κ3) is 3.37. The Morgan fingerprint density at radius 3 is 2.77 bits per heavy atom. The summed E-state index contributed by atoms with van der Waals surface area (Å²) in [4.78, 5) is 50.5. The molecule has 1 saturated heterocycles. The molecule has 0 aliphatic carbocycles. The number of aryl methyl sites for hydroxylation is 1. The predicted molar refractivity (Wildman–Crippen MR) is 112 cm³/mol. The van der Waals surface area contributed by atoms with Crippen LogP contribution in [0.3, 0.4) is 0 Å². The van der Waals surface area contributed by atoms with E-state index in [2.05, 4.69) is 25.3 Å². The lowest BCUT2D eigenvalue weighted by Crippen LogP contribution is -2.42. The second-order valence-corrected chi connectivity index (χ2v) is 7.66. The van der Waals surface area contributed by atoms with E-state index in [9.17, 15) is 14.4 Å². The van der Waals surface area contributed by atoms with Crippen LogP contribution in [0.25, 0.3) is 22.1 Å². The zero-order valence-corrected chi connectivity index (χ0v) is 16.9. The van der Waals surface area contributed by atoms with E-state index in [0.29, 0.717) is 48.3 Å². The molecule has 0 spiro atoms. The number of nitrogens with zero attached hydrogens (tertiary/aromatic N) is 7. The maximum atomic E-state index is 12.8. The van der Waals surface area contributed by atoms with Crippen molar-refractivity contribution < 1.29 is 4.79 Å². The molecular formula is C20H20N8O3. The summed E-state index contributed by atoms with van der Waals surface area (Å²) >= 11 is 0. The molecule has 1 fully saturated rings. The first kappa shape index (κ1) is 19.1. The number of hydrogen-bond donors (Lipinski definition) is 1. The summed E-state index contributed by atoms with van der Waals surface area (Å²) in [5.74, 6) is 0.370. The highest BCUT2D eigenvalue weighted by Gasteiger charge is 2.27. The predicted octanol–water partition coefficient (Wildman–Crippen LogP) is 0.397. The van der Waals surface area contributed by atoms with Gasteiger partial charge in [0.25, 0.3) is 11.1 Å². The van der Waals surface area contributed by atoms with E-state index in [4.69, 9.17) is 0 Å². The van der Waals surface area contributed by atoms with Gasteiger partial charge in [-0.25, -0.2) is 14.6 Å². The molecular weight excluding hydrogens is 400 g/mol. The van der Waals surface area contributed by atoms with Gasteiger partial charge in [-0.2, -0.15) is 0 Å².